The minimum absolute atomic E-state index is 0.227. The van der Waals surface area contributed by atoms with Crippen molar-refractivity contribution in [3.05, 3.63) is 41.2 Å². The molecule has 0 amide bonds. The van der Waals surface area contributed by atoms with Gasteiger partial charge in [-0.2, -0.15) is 5.10 Å². The van der Waals surface area contributed by atoms with Crippen LogP contribution in [0.25, 0.3) is 0 Å². The van der Waals surface area contributed by atoms with Crippen molar-refractivity contribution >= 4 is 11.4 Å². The first-order valence-corrected chi connectivity index (χ1v) is 6.94. The van der Waals surface area contributed by atoms with E-state index in [0.29, 0.717) is 0 Å². The summed E-state index contributed by atoms with van der Waals surface area (Å²) in [6, 6.07) is 8.59. The maximum atomic E-state index is 4.50. The first-order valence-electron chi connectivity index (χ1n) is 6.94. The quantitative estimate of drug-likeness (QED) is 0.927. The summed E-state index contributed by atoms with van der Waals surface area (Å²) in [7, 11) is 6.11. The van der Waals surface area contributed by atoms with E-state index in [0.717, 1.165) is 11.4 Å². The van der Waals surface area contributed by atoms with E-state index in [4.69, 9.17) is 0 Å². The number of hydrogen-bond donors (Lipinski definition) is 1. The molecular weight excluding hydrogens is 248 g/mol. The molecule has 2 aromatic rings. The Morgan fingerprint density at radius 3 is 2.40 bits per heavy atom. The molecule has 108 valence electrons. The summed E-state index contributed by atoms with van der Waals surface area (Å²) in [5.41, 5.74) is 5.92. The van der Waals surface area contributed by atoms with E-state index in [-0.39, 0.29) is 6.04 Å². The highest BCUT2D eigenvalue weighted by Crippen LogP contribution is 2.29. The van der Waals surface area contributed by atoms with Crippen LogP contribution in [-0.4, -0.2) is 23.9 Å². The Kier molecular flexibility index (Phi) is 4.02. The number of nitrogens with zero attached hydrogens (tertiary/aromatic N) is 3. The fourth-order valence-electron chi connectivity index (χ4n) is 2.71. The lowest BCUT2D eigenvalue weighted by atomic mass is 10.1. The maximum Gasteiger partial charge on any atom is 0.0649 e. The van der Waals surface area contributed by atoms with Gasteiger partial charge in [0.05, 0.1) is 23.1 Å². The van der Waals surface area contributed by atoms with Gasteiger partial charge in [0, 0.05) is 32.4 Å². The smallest absolute Gasteiger partial charge is 0.0649 e. The van der Waals surface area contributed by atoms with Gasteiger partial charge in [-0.15, -0.1) is 0 Å². The highest BCUT2D eigenvalue weighted by Gasteiger charge is 2.17. The molecule has 4 heteroatoms. The van der Waals surface area contributed by atoms with Gasteiger partial charge in [-0.3, -0.25) is 4.68 Å². The molecule has 4 nitrogen and oxygen atoms in total. The van der Waals surface area contributed by atoms with Gasteiger partial charge in [-0.25, -0.2) is 0 Å². The van der Waals surface area contributed by atoms with E-state index in [1.54, 1.807) is 0 Å². The lowest BCUT2D eigenvalue weighted by Crippen LogP contribution is -2.14. The molecule has 0 aliphatic carbocycles. The lowest BCUT2D eigenvalue weighted by Gasteiger charge is -2.22. The van der Waals surface area contributed by atoms with Gasteiger partial charge in [0.2, 0.25) is 0 Å². The van der Waals surface area contributed by atoms with Crippen LogP contribution >= 0.6 is 0 Å². The van der Waals surface area contributed by atoms with Crippen molar-refractivity contribution in [2.45, 2.75) is 26.8 Å². The van der Waals surface area contributed by atoms with Crippen molar-refractivity contribution in [3.63, 3.8) is 0 Å². The molecule has 1 aromatic carbocycles. The van der Waals surface area contributed by atoms with E-state index in [2.05, 4.69) is 74.4 Å². The van der Waals surface area contributed by atoms with Crippen LogP contribution in [0, 0.1) is 13.8 Å². The van der Waals surface area contributed by atoms with Gasteiger partial charge in [-0.05, 0) is 32.9 Å². The molecule has 2 rings (SSSR count). The fraction of sp³-hybridized carbons (Fsp3) is 0.438. The van der Waals surface area contributed by atoms with E-state index in [9.17, 15) is 0 Å². The Hall–Kier alpha value is -1.97. The summed E-state index contributed by atoms with van der Waals surface area (Å²) in [6.45, 7) is 6.37. The molecule has 1 heterocycles. The zero-order chi connectivity index (χ0) is 14.9. The van der Waals surface area contributed by atoms with Crippen molar-refractivity contribution in [1.82, 2.24) is 9.78 Å². The average molecular weight is 272 g/mol. The topological polar surface area (TPSA) is 33.1 Å². The first-order chi connectivity index (χ1) is 9.41. The van der Waals surface area contributed by atoms with Gasteiger partial charge >= 0.3 is 0 Å². The van der Waals surface area contributed by atoms with Gasteiger partial charge in [0.15, 0.2) is 0 Å². The zero-order valence-electron chi connectivity index (χ0n) is 13.2. The molecule has 1 aromatic heterocycles. The van der Waals surface area contributed by atoms with Crippen LogP contribution in [0.15, 0.2) is 24.3 Å². The molecule has 0 spiro atoms. The Balaban J connectivity index is 2.30. The van der Waals surface area contributed by atoms with Crippen LogP contribution in [-0.2, 0) is 7.05 Å². The second kappa shape index (κ2) is 5.57. The van der Waals surface area contributed by atoms with Crippen LogP contribution in [0.4, 0.5) is 11.4 Å². The number of aryl methyl sites for hydroxylation is 2. The van der Waals surface area contributed by atoms with E-state index < -0.39 is 0 Å². The summed E-state index contributed by atoms with van der Waals surface area (Å²) < 4.78 is 1.95. The molecule has 20 heavy (non-hydrogen) atoms. The highest BCUT2D eigenvalue weighted by molar-refractivity contribution is 5.70. The Morgan fingerprint density at radius 1 is 1.20 bits per heavy atom. The van der Waals surface area contributed by atoms with Gasteiger partial charge in [-0.1, -0.05) is 12.1 Å². The van der Waals surface area contributed by atoms with Crippen LogP contribution in [0.5, 0.6) is 0 Å². The standard InChI is InChI=1S/C16H24N4/c1-11(16-12(2)18-20(6)13(16)3)17-14-9-7-8-10-15(14)19(4)5/h7-11,17H,1-6H3. The molecule has 1 N–H and O–H groups in total. The normalized spacial score (nSPS) is 12.3. The summed E-state index contributed by atoms with van der Waals surface area (Å²) in [5.74, 6) is 0. The molecule has 0 bridgehead atoms. The number of nitrogens with one attached hydrogen (secondary N) is 1. The lowest BCUT2D eigenvalue weighted by molar-refractivity contribution is 0.728. The zero-order valence-corrected chi connectivity index (χ0v) is 13.2. The summed E-state index contributed by atoms with van der Waals surface area (Å²) in [4.78, 5) is 2.12. The number of benzene rings is 1. The number of rotatable bonds is 4. The number of anilines is 2. The molecular formula is C16H24N4. The van der Waals surface area contributed by atoms with Crippen LogP contribution in [0.2, 0.25) is 0 Å². The predicted octanol–water partition coefficient (Wildman–Crippen LogP) is 3.28. The summed E-state index contributed by atoms with van der Waals surface area (Å²) >= 11 is 0. The summed E-state index contributed by atoms with van der Waals surface area (Å²) in [6.07, 6.45) is 0. The van der Waals surface area contributed by atoms with E-state index in [1.807, 2.05) is 11.7 Å². The minimum Gasteiger partial charge on any atom is -0.377 e. The largest absolute Gasteiger partial charge is 0.377 e. The minimum atomic E-state index is 0.227. The third-order valence-corrected chi connectivity index (χ3v) is 3.76. The first kappa shape index (κ1) is 14.4. The van der Waals surface area contributed by atoms with Crippen molar-refractivity contribution in [2.24, 2.45) is 7.05 Å². The van der Waals surface area contributed by atoms with E-state index >= 15 is 0 Å². The van der Waals surface area contributed by atoms with Crippen LogP contribution in [0.3, 0.4) is 0 Å². The monoisotopic (exact) mass is 272 g/mol. The molecule has 0 aliphatic heterocycles. The van der Waals surface area contributed by atoms with E-state index in [1.165, 1.54) is 16.9 Å². The van der Waals surface area contributed by atoms with Gasteiger partial charge in [0.25, 0.3) is 0 Å². The molecule has 0 saturated carbocycles. The second-order valence-electron chi connectivity index (χ2n) is 5.49. The Labute approximate surface area is 121 Å². The Morgan fingerprint density at radius 2 is 1.85 bits per heavy atom. The molecule has 1 unspecified atom stereocenters. The van der Waals surface area contributed by atoms with Crippen molar-refractivity contribution in [3.8, 4) is 0 Å². The van der Waals surface area contributed by atoms with Crippen molar-refractivity contribution < 1.29 is 0 Å². The van der Waals surface area contributed by atoms with Crippen LogP contribution < -0.4 is 10.2 Å². The van der Waals surface area contributed by atoms with Gasteiger partial charge in [0.1, 0.15) is 0 Å². The Bertz CT molecular complexity index is 599. The van der Waals surface area contributed by atoms with Crippen molar-refractivity contribution in [1.29, 1.82) is 0 Å². The molecule has 0 radical (unpaired) electrons. The van der Waals surface area contributed by atoms with Crippen LogP contribution in [0.1, 0.15) is 29.9 Å². The molecule has 1 atom stereocenters. The third-order valence-electron chi connectivity index (χ3n) is 3.76. The number of para-hydroxylation sites is 2. The average Bonchev–Trinajstić information content (AvgIpc) is 2.63. The maximum absolute atomic E-state index is 4.50. The van der Waals surface area contributed by atoms with Crippen molar-refractivity contribution in [2.75, 3.05) is 24.3 Å². The fourth-order valence-corrected chi connectivity index (χ4v) is 2.71. The third kappa shape index (κ3) is 2.64. The van der Waals surface area contributed by atoms with Gasteiger partial charge < -0.3 is 10.2 Å². The predicted molar refractivity (Wildman–Crippen MR) is 85.5 cm³/mol. The SMILES string of the molecule is Cc1nn(C)c(C)c1C(C)Nc1ccccc1N(C)C. The molecule has 0 fully saturated rings. The molecule has 0 saturated heterocycles. The number of aromatic nitrogens is 2. The summed E-state index contributed by atoms with van der Waals surface area (Å²) in [5, 5.41) is 8.11. The number of hydrogen-bond acceptors (Lipinski definition) is 3. The second-order valence-corrected chi connectivity index (χ2v) is 5.49. The molecule has 0 aliphatic rings. The highest BCUT2D eigenvalue weighted by atomic mass is 15.3.